The number of ether oxygens (including phenoxy) is 2. The van der Waals surface area contributed by atoms with Crippen LogP contribution in [0.5, 0.6) is 11.5 Å². The van der Waals surface area contributed by atoms with Gasteiger partial charge in [-0.2, -0.15) is 0 Å². The van der Waals surface area contributed by atoms with Crippen LogP contribution in [0.25, 0.3) is 0 Å². The van der Waals surface area contributed by atoms with Crippen LogP contribution in [-0.4, -0.2) is 73.1 Å². The van der Waals surface area contributed by atoms with Gasteiger partial charge in [-0.1, -0.05) is 6.07 Å². The first-order chi connectivity index (χ1) is 13.2. The van der Waals surface area contributed by atoms with Gasteiger partial charge in [-0.05, 0) is 24.6 Å². The molecule has 1 aromatic rings. The maximum atomic E-state index is 12.8. The fourth-order valence-corrected chi connectivity index (χ4v) is 3.00. The van der Waals surface area contributed by atoms with Gasteiger partial charge in [0.15, 0.2) is 11.5 Å². The van der Waals surface area contributed by atoms with Crippen molar-refractivity contribution in [1.82, 2.24) is 20.4 Å². The average Bonchev–Trinajstić information content (AvgIpc) is 3.17. The first-order valence-electron chi connectivity index (χ1n) is 8.69. The van der Waals surface area contributed by atoms with E-state index in [0.29, 0.717) is 11.5 Å². The van der Waals surface area contributed by atoms with Crippen molar-refractivity contribution in [3.63, 3.8) is 0 Å². The molecule has 2 N–H and O–H groups in total. The molecule has 2 aliphatic rings. The van der Waals surface area contributed by atoms with Crippen molar-refractivity contribution < 1.29 is 28.7 Å². The molecular weight excluding hydrogens is 368 g/mol. The Morgan fingerprint density at radius 1 is 1.25 bits per heavy atom. The largest absolute Gasteiger partial charge is 0.454 e. The number of nitrogens with zero attached hydrogens (tertiary/aromatic N) is 2. The van der Waals surface area contributed by atoms with Crippen LogP contribution < -0.4 is 20.1 Å². The molecule has 10 heteroatoms. The Hall–Kier alpha value is -3.30. The van der Waals surface area contributed by atoms with E-state index in [1.165, 1.54) is 4.90 Å². The number of nitrogens with one attached hydrogen (secondary N) is 2. The van der Waals surface area contributed by atoms with Gasteiger partial charge in [-0.3, -0.25) is 19.3 Å². The zero-order valence-corrected chi connectivity index (χ0v) is 15.9. The third kappa shape index (κ3) is 3.85. The fraction of sp³-hybridized carbons (Fsp3) is 0.444. The first-order valence-corrected chi connectivity index (χ1v) is 8.69. The van der Waals surface area contributed by atoms with Gasteiger partial charge >= 0.3 is 6.03 Å². The maximum absolute atomic E-state index is 12.8. The van der Waals surface area contributed by atoms with Crippen LogP contribution in [-0.2, 0) is 20.8 Å². The number of hydrogen-bond acceptors (Lipinski definition) is 6. The molecule has 1 saturated heterocycles. The summed E-state index contributed by atoms with van der Waals surface area (Å²) >= 11 is 0. The fourth-order valence-electron chi connectivity index (χ4n) is 3.00. The van der Waals surface area contributed by atoms with Gasteiger partial charge in [-0.25, -0.2) is 4.79 Å². The van der Waals surface area contributed by atoms with E-state index < -0.39 is 29.9 Å². The highest BCUT2D eigenvalue weighted by Gasteiger charge is 2.48. The van der Waals surface area contributed by atoms with Crippen molar-refractivity contribution in [3.05, 3.63) is 23.8 Å². The Morgan fingerprint density at radius 2 is 1.96 bits per heavy atom. The van der Waals surface area contributed by atoms with Crippen LogP contribution in [0.1, 0.15) is 12.5 Å². The van der Waals surface area contributed by atoms with Crippen LogP contribution in [0.2, 0.25) is 0 Å². The summed E-state index contributed by atoms with van der Waals surface area (Å²) in [5.74, 6) is -0.186. The summed E-state index contributed by atoms with van der Waals surface area (Å²) in [5, 5.41) is 5.05. The lowest BCUT2D eigenvalue weighted by atomic mass is 9.92. The van der Waals surface area contributed by atoms with Crippen LogP contribution >= 0.6 is 0 Å². The van der Waals surface area contributed by atoms with Gasteiger partial charge in [0.1, 0.15) is 12.1 Å². The van der Waals surface area contributed by atoms with E-state index in [1.54, 1.807) is 39.2 Å². The zero-order chi connectivity index (χ0) is 20.5. The van der Waals surface area contributed by atoms with E-state index >= 15 is 0 Å². The monoisotopic (exact) mass is 390 g/mol. The second-order valence-corrected chi connectivity index (χ2v) is 7.08. The average molecular weight is 390 g/mol. The van der Waals surface area contributed by atoms with Crippen LogP contribution in [0.3, 0.4) is 0 Å². The predicted octanol–water partition coefficient (Wildman–Crippen LogP) is -0.527. The normalized spacial score (nSPS) is 20.2. The molecule has 28 heavy (non-hydrogen) atoms. The Labute approximate surface area is 161 Å². The zero-order valence-electron chi connectivity index (χ0n) is 15.9. The molecule has 2 heterocycles. The second-order valence-electron chi connectivity index (χ2n) is 7.08. The van der Waals surface area contributed by atoms with Crippen LogP contribution in [0.15, 0.2) is 18.2 Å². The van der Waals surface area contributed by atoms with E-state index in [-0.39, 0.29) is 25.7 Å². The molecule has 1 atom stereocenters. The minimum absolute atomic E-state index is 0.144. The Balaban J connectivity index is 1.63. The predicted molar refractivity (Wildman–Crippen MR) is 96.6 cm³/mol. The van der Waals surface area contributed by atoms with E-state index in [9.17, 15) is 19.2 Å². The number of imide groups is 1. The highest BCUT2D eigenvalue weighted by Crippen LogP contribution is 2.34. The topological polar surface area (TPSA) is 117 Å². The third-order valence-electron chi connectivity index (χ3n) is 4.58. The van der Waals surface area contributed by atoms with Gasteiger partial charge in [0.25, 0.3) is 5.91 Å². The number of carbonyl (C=O) groups is 4. The van der Waals surface area contributed by atoms with Crippen molar-refractivity contribution in [2.75, 3.05) is 34.0 Å². The first kappa shape index (κ1) is 19.5. The van der Waals surface area contributed by atoms with Gasteiger partial charge in [-0.15, -0.1) is 0 Å². The van der Waals surface area contributed by atoms with Crippen LogP contribution in [0, 0.1) is 0 Å². The van der Waals surface area contributed by atoms with Gasteiger partial charge < -0.3 is 25.0 Å². The standard InChI is InChI=1S/C18H22N4O6/c1-18(7-11-4-5-12-13(6-11)28-10-27-12)16(25)22(17(26)20-18)9-14(23)19-8-15(24)21(2)3/h4-6H,7-10H2,1-3H3,(H,19,23)(H,20,26)/t18-/m1/s1. The number of fused-ring (bicyclic) bond motifs is 1. The number of amides is 5. The number of carbonyl (C=O) groups excluding carboxylic acids is 4. The van der Waals surface area contributed by atoms with E-state index in [1.807, 2.05) is 0 Å². The molecule has 0 radical (unpaired) electrons. The summed E-state index contributed by atoms with van der Waals surface area (Å²) in [6.07, 6.45) is 0.228. The molecular formula is C18H22N4O6. The SMILES string of the molecule is CN(C)C(=O)CNC(=O)CN1C(=O)N[C@](C)(Cc2ccc3c(c2)OCO3)C1=O. The minimum Gasteiger partial charge on any atom is -0.454 e. The number of rotatable bonds is 6. The van der Waals surface area contributed by atoms with E-state index in [0.717, 1.165) is 10.5 Å². The Kier molecular flexibility index (Phi) is 5.12. The molecule has 0 saturated carbocycles. The lowest BCUT2D eigenvalue weighted by Gasteiger charge is -2.22. The summed E-state index contributed by atoms with van der Waals surface area (Å²) < 4.78 is 10.6. The number of benzene rings is 1. The molecule has 0 spiro atoms. The summed E-state index contributed by atoms with van der Waals surface area (Å²) in [6.45, 7) is 1.09. The Bertz CT molecular complexity index is 839. The smallest absolute Gasteiger partial charge is 0.325 e. The molecule has 2 aliphatic heterocycles. The molecule has 3 rings (SSSR count). The molecule has 1 fully saturated rings. The van der Waals surface area contributed by atoms with Gasteiger partial charge in [0.05, 0.1) is 6.54 Å². The molecule has 0 aromatic heterocycles. The van der Waals surface area contributed by atoms with Crippen LogP contribution in [0.4, 0.5) is 4.79 Å². The molecule has 0 unspecified atom stereocenters. The molecule has 150 valence electrons. The van der Waals surface area contributed by atoms with Crippen molar-refractivity contribution in [2.24, 2.45) is 0 Å². The van der Waals surface area contributed by atoms with Gasteiger partial charge in [0.2, 0.25) is 18.6 Å². The summed E-state index contributed by atoms with van der Waals surface area (Å²) in [6, 6.07) is 4.65. The van der Waals surface area contributed by atoms with Crippen molar-refractivity contribution >= 4 is 23.8 Å². The quantitative estimate of drug-likeness (QED) is 0.631. The number of urea groups is 1. The maximum Gasteiger partial charge on any atom is 0.325 e. The highest BCUT2D eigenvalue weighted by molar-refractivity contribution is 6.09. The van der Waals surface area contributed by atoms with Crippen molar-refractivity contribution in [2.45, 2.75) is 18.9 Å². The molecule has 0 aliphatic carbocycles. The summed E-state index contributed by atoms with van der Waals surface area (Å²) in [5.41, 5.74) is -0.409. The second kappa shape index (κ2) is 7.37. The molecule has 10 nitrogen and oxygen atoms in total. The van der Waals surface area contributed by atoms with E-state index in [4.69, 9.17) is 9.47 Å². The number of hydrogen-bond donors (Lipinski definition) is 2. The van der Waals surface area contributed by atoms with Crippen molar-refractivity contribution in [1.29, 1.82) is 0 Å². The number of likely N-dealkylation sites (N-methyl/N-ethyl adjacent to an activating group) is 1. The highest BCUT2D eigenvalue weighted by atomic mass is 16.7. The summed E-state index contributed by atoms with van der Waals surface area (Å²) in [4.78, 5) is 50.8. The summed E-state index contributed by atoms with van der Waals surface area (Å²) in [7, 11) is 3.13. The van der Waals surface area contributed by atoms with E-state index in [2.05, 4.69) is 10.6 Å². The lowest BCUT2D eigenvalue weighted by Crippen LogP contribution is -2.47. The third-order valence-corrected chi connectivity index (χ3v) is 4.58. The lowest BCUT2D eigenvalue weighted by molar-refractivity contribution is -0.135. The van der Waals surface area contributed by atoms with Gasteiger partial charge in [0, 0.05) is 20.5 Å². The molecule has 5 amide bonds. The molecule has 1 aromatic carbocycles. The minimum atomic E-state index is -1.19. The van der Waals surface area contributed by atoms with Crippen molar-refractivity contribution in [3.8, 4) is 11.5 Å². The molecule has 0 bridgehead atoms. The Morgan fingerprint density at radius 3 is 2.68 bits per heavy atom.